The number of nitrogens with one attached hydrogen (secondary N) is 2. The van der Waals surface area contributed by atoms with Gasteiger partial charge >= 0.3 is 0 Å². The highest BCUT2D eigenvalue weighted by atomic mass is 16.5. The summed E-state index contributed by atoms with van der Waals surface area (Å²) in [6.07, 6.45) is 4.95. The van der Waals surface area contributed by atoms with Crippen molar-refractivity contribution in [3.05, 3.63) is 78.1 Å². The van der Waals surface area contributed by atoms with Gasteiger partial charge in [0.05, 0.1) is 31.9 Å². The van der Waals surface area contributed by atoms with E-state index < -0.39 is 6.04 Å². The number of amides is 1. The highest BCUT2D eigenvalue weighted by Crippen LogP contribution is 2.28. The van der Waals surface area contributed by atoms with Crippen LogP contribution in [-0.2, 0) is 6.42 Å². The van der Waals surface area contributed by atoms with Crippen LogP contribution < -0.4 is 14.8 Å². The van der Waals surface area contributed by atoms with E-state index in [4.69, 9.17) is 9.47 Å². The second-order valence-corrected chi connectivity index (χ2v) is 8.07. The number of carbonyl (C=O) groups excluding carboxylic acids is 1. The number of benzene rings is 2. The number of aliphatic hydroxyl groups is 1. The zero-order valence-electron chi connectivity index (χ0n) is 19.4. The Kier molecular flexibility index (Phi) is 7.44. The number of hydrogen-bond donors (Lipinski definition) is 3. The fraction of sp³-hybridized carbons (Fsp3) is 0.259. The van der Waals surface area contributed by atoms with Crippen molar-refractivity contribution in [2.75, 3.05) is 20.3 Å². The molecule has 0 aliphatic rings. The molecule has 3 N–H and O–H groups in total. The molecule has 0 fully saturated rings. The van der Waals surface area contributed by atoms with Crippen LogP contribution in [0.1, 0.15) is 30.7 Å². The van der Waals surface area contributed by atoms with E-state index in [-0.39, 0.29) is 13.9 Å². The largest absolute Gasteiger partial charge is 0.493 e. The Morgan fingerprint density at radius 3 is 2.74 bits per heavy atom. The number of rotatable bonds is 10. The van der Waals surface area contributed by atoms with Crippen LogP contribution >= 0.6 is 0 Å². The number of pyridine rings is 1. The molecular formula is C27H31N3O4. The van der Waals surface area contributed by atoms with Crippen molar-refractivity contribution in [3.8, 4) is 22.8 Å². The molecule has 0 aliphatic carbocycles. The second-order valence-electron chi connectivity index (χ2n) is 8.07. The molecule has 0 aliphatic heterocycles. The van der Waals surface area contributed by atoms with Crippen LogP contribution in [0.15, 0.2) is 67.0 Å². The Balaban J connectivity index is 0.00000342. The average Bonchev–Trinajstić information content (AvgIpc) is 3.29. The Morgan fingerprint density at radius 2 is 2.00 bits per heavy atom. The van der Waals surface area contributed by atoms with Crippen LogP contribution in [0.4, 0.5) is 0 Å². The molecule has 0 bridgehead atoms. The van der Waals surface area contributed by atoms with Crippen molar-refractivity contribution < 1.29 is 20.8 Å². The summed E-state index contributed by atoms with van der Waals surface area (Å²) in [6.45, 7) is 2.33. The minimum Gasteiger partial charge on any atom is -0.493 e. The molecule has 4 rings (SSSR count). The summed E-state index contributed by atoms with van der Waals surface area (Å²) < 4.78 is 11.0. The maximum atomic E-state index is 13.3. The fourth-order valence-corrected chi connectivity index (χ4v) is 3.89. The molecule has 0 radical (unpaired) electrons. The second kappa shape index (κ2) is 10.9. The quantitative estimate of drug-likeness (QED) is 0.321. The predicted molar refractivity (Wildman–Crippen MR) is 134 cm³/mol. The molecule has 34 heavy (non-hydrogen) atoms. The van der Waals surface area contributed by atoms with Gasteiger partial charge in [0.15, 0.2) is 0 Å². The van der Waals surface area contributed by atoms with Crippen LogP contribution in [0.2, 0.25) is 0 Å². The van der Waals surface area contributed by atoms with E-state index in [9.17, 15) is 9.90 Å². The topological polar surface area (TPSA) is 96.5 Å². The van der Waals surface area contributed by atoms with Gasteiger partial charge in [-0.1, -0.05) is 31.2 Å². The minimum atomic E-state index is -0.447. The number of ether oxygens (including phenoxy) is 2. The summed E-state index contributed by atoms with van der Waals surface area (Å²) >= 11 is 0. The predicted octanol–water partition coefficient (Wildman–Crippen LogP) is 4.61. The molecule has 4 aromatic rings. The summed E-state index contributed by atoms with van der Waals surface area (Å²) in [5.74, 6) is 0.731. The van der Waals surface area contributed by atoms with Gasteiger partial charge in [-0.3, -0.25) is 4.79 Å². The number of H-pyrrole nitrogens is 1. The maximum absolute atomic E-state index is 13.3. The molecular weight excluding hydrogens is 430 g/mol. The zero-order valence-corrected chi connectivity index (χ0v) is 19.4. The number of carbonyl (C=O) groups is 1. The maximum Gasteiger partial charge on any atom is 0.255 e. The third kappa shape index (κ3) is 5.21. The molecule has 0 saturated heterocycles. The van der Waals surface area contributed by atoms with Gasteiger partial charge in [0.2, 0.25) is 5.88 Å². The number of methoxy groups -OCH3 is 1. The van der Waals surface area contributed by atoms with Gasteiger partial charge in [-0.15, -0.1) is 0 Å². The Hall–Kier alpha value is -3.84. The minimum absolute atomic E-state index is 0. The van der Waals surface area contributed by atoms with Crippen LogP contribution in [0, 0.1) is 0 Å². The Bertz CT molecular complexity index is 1260. The highest BCUT2D eigenvalue weighted by Gasteiger charge is 2.19. The van der Waals surface area contributed by atoms with E-state index in [1.54, 1.807) is 31.5 Å². The molecule has 1 atom stereocenters. The number of aliphatic hydroxyl groups excluding tert-OH is 1. The fourth-order valence-electron chi connectivity index (χ4n) is 3.89. The standard InChI is InChI=1S/C27H29N3O4.H2/c1-3-12-34-25-10-8-18(19-9-11-26(33-2)29-15-19)14-23(25)27(32)30-21(17-31)13-20-16-28-24-7-5-4-6-22(20)24;/h4-11,14-16,21,28,31H,3,12-13,17H2,1-2H3,(H,30,32);1H/t21-;/m0./s1. The first-order valence-electron chi connectivity index (χ1n) is 11.4. The molecule has 2 aromatic carbocycles. The van der Waals surface area contributed by atoms with Crippen molar-refractivity contribution in [2.45, 2.75) is 25.8 Å². The first-order valence-corrected chi connectivity index (χ1v) is 11.4. The lowest BCUT2D eigenvalue weighted by atomic mass is 10.0. The smallest absolute Gasteiger partial charge is 0.255 e. The van der Waals surface area contributed by atoms with Crippen molar-refractivity contribution in [1.29, 1.82) is 0 Å². The number of fused-ring (bicyclic) bond motifs is 1. The van der Waals surface area contributed by atoms with Gasteiger partial charge < -0.3 is 24.9 Å². The molecule has 7 heteroatoms. The summed E-state index contributed by atoms with van der Waals surface area (Å²) in [7, 11) is 1.57. The molecule has 0 saturated carbocycles. The summed E-state index contributed by atoms with van der Waals surface area (Å²) in [5, 5.41) is 14.1. The van der Waals surface area contributed by atoms with E-state index in [1.807, 2.05) is 49.5 Å². The number of nitrogens with zero attached hydrogens (tertiary/aromatic N) is 1. The highest BCUT2D eigenvalue weighted by molar-refractivity contribution is 5.98. The first kappa shape index (κ1) is 23.3. The van der Waals surface area contributed by atoms with E-state index in [0.717, 1.165) is 34.0 Å². The van der Waals surface area contributed by atoms with E-state index in [0.29, 0.717) is 30.2 Å². The monoisotopic (exact) mass is 461 g/mol. The first-order chi connectivity index (χ1) is 16.6. The van der Waals surface area contributed by atoms with Crippen LogP contribution in [0.25, 0.3) is 22.0 Å². The number of aromatic amines is 1. The van der Waals surface area contributed by atoms with Crippen molar-refractivity contribution in [3.63, 3.8) is 0 Å². The Labute approximate surface area is 200 Å². The molecule has 1 amide bonds. The normalized spacial score (nSPS) is 11.9. The van der Waals surface area contributed by atoms with Gasteiger partial charge in [0, 0.05) is 36.4 Å². The van der Waals surface area contributed by atoms with Crippen LogP contribution in [0.5, 0.6) is 11.6 Å². The SMILES string of the molecule is CCCOc1ccc(-c2ccc(OC)nc2)cc1C(=O)N[C@H](CO)Cc1c[nH]c2ccccc12.[HH]. The lowest BCUT2D eigenvalue weighted by Gasteiger charge is -2.18. The van der Waals surface area contributed by atoms with Crippen molar-refractivity contribution in [1.82, 2.24) is 15.3 Å². The molecule has 2 heterocycles. The lowest BCUT2D eigenvalue weighted by molar-refractivity contribution is 0.0912. The summed E-state index contributed by atoms with van der Waals surface area (Å²) in [5.41, 5.74) is 4.17. The molecule has 178 valence electrons. The number of aromatic nitrogens is 2. The molecule has 7 nitrogen and oxygen atoms in total. The number of hydrogen-bond acceptors (Lipinski definition) is 5. The van der Waals surface area contributed by atoms with Crippen LogP contribution in [-0.4, -0.2) is 47.3 Å². The van der Waals surface area contributed by atoms with E-state index in [2.05, 4.69) is 15.3 Å². The van der Waals surface area contributed by atoms with E-state index >= 15 is 0 Å². The van der Waals surface area contributed by atoms with Crippen molar-refractivity contribution in [2.24, 2.45) is 0 Å². The van der Waals surface area contributed by atoms with Crippen molar-refractivity contribution >= 4 is 16.8 Å². The van der Waals surface area contributed by atoms with E-state index in [1.165, 1.54) is 0 Å². The third-order valence-corrected chi connectivity index (χ3v) is 5.66. The molecule has 0 unspecified atom stereocenters. The summed E-state index contributed by atoms with van der Waals surface area (Å²) in [4.78, 5) is 20.8. The molecule has 2 aromatic heterocycles. The summed E-state index contributed by atoms with van der Waals surface area (Å²) in [6, 6.07) is 16.7. The molecule has 0 spiro atoms. The number of para-hydroxylation sites is 1. The van der Waals surface area contributed by atoms with Gasteiger partial charge in [0.25, 0.3) is 5.91 Å². The third-order valence-electron chi connectivity index (χ3n) is 5.66. The average molecular weight is 462 g/mol. The zero-order chi connectivity index (χ0) is 23.9. The van der Waals surface area contributed by atoms with Gasteiger partial charge in [-0.05, 0) is 48.2 Å². The Morgan fingerprint density at radius 1 is 1.18 bits per heavy atom. The van der Waals surface area contributed by atoms with Crippen LogP contribution in [0.3, 0.4) is 0 Å². The van der Waals surface area contributed by atoms with Gasteiger partial charge in [0.1, 0.15) is 5.75 Å². The van der Waals surface area contributed by atoms with Gasteiger partial charge in [-0.2, -0.15) is 0 Å². The van der Waals surface area contributed by atoms with Gasteiger partial charge in [-0.25, -0.2) is 4.98 Å². The lowest BCUT2D eigenvalue weighted by Crippen LogP contribution is -2.39.